The van der Waals surface area contributed by atoms with Gasteiger partial charge in [-0.2, -0.15) is 26.7 Å². The van der Waals surface area contributed by atoms with Crippen molar-refractivity contribution in [3.63, 3.8) is 0 Å². The molecule has 1 aromatic carbocycles. The summed E-state index contributed by atoms with van der Waals surface area (Å²) in [6.07, 6.45) is -5.48. The lowest BCUT2D eigenvalue weighted by molar-refractivity contribution is -0.139. The molecule has 1 rings (SSSR count). The normalized spacial score (nSPS) is 12.2. The maximum Gasteiger partial charge on any atom is 0.416 e. The quantitative estimate of drug-likeness (QED) is 0.896. The molecule has 0 spiro atoms. The van der Waals surface area contributed by atoms with E-state index in [4.69, 9.17) is 0 Å². The van der Waals surface area contributed by atoms with Gasteiger partial charge >= 0.3 is 22.4 Å². The predicted octanol–water partition coefficient (Wildman–Crippen LogP) is 0.995. The summed E-state index contributed by atoms with van der Waals surface area (Å²) in [4.78, 5) is 11.1. The molecule has 9 heteroatoms. The van der Waals surface area contributed by atoms with Gasteiger partial charge in [-0.1, -0.05) is 18.2 Å². The zero-order valence-electron chi connectivity index (χ0n) is 8.77. The van der Waals surface area contributed by atoms with Crippen molar-refractivity contribution in [3.05, 3.63) is 35.4 Å². The number of carbonyl (C=O) groups is 1. The average Bonchev–Trinajstić information content (AvgIpc) is 2.13. The van der Waals surface area contributed by atoms with Crippen LogP contribution in [0.5, 0.6) is 0 Å². The molecule has 0 atom stereocenters. The number of benzene rings is 1. The van der Waals surface area contributed by atoms with Gasteiger partial charge in [0.1, 0.15) is 0 Å². The highest BCUT2D eigenvalue weighted by Gasteiger charge is 2.33. The molecule has 0 fully saturated rings. The maximum absolute atomic E-state index is 12.5. The van der Waals surface area contributed by atoms with Crippen LogP contribution in [0.25, 0.3) is 0 Å². The number of hydrogen-bond donors (Lipinski definition) is 1. The Hall–Kier alpha value is -1.61. The van der Waals surface area contributed by atoms with Crippen molar-refractivity contribution < 1.29 is 30.6 Å². The van der Waals surface area contributed by atoms with Crippen molar-refractivity contribution in [1.29, 1.82) is 0 Å². The number of halogens is 3. The Morgan fingerprint density at radius 1 is 1.28 bits per heavy atom. The minimum Gasteiger partial charge on any atom is -0.334 e. The van der Waals surface area contributed by atoms with E-state index < -0.39 is 40.0 Å². The van der Waals surface area contributed by atoms with Crippen LogP contribution in [-0.4, -0.2) is 14.4 Å². The summed E-state index contributed by atoms with van der Waals surface area (Å²) in [6.45, 7) is 0. The predicted molar refractivity (Wildman–Crippen MR) is 54.3 cm³/mol. The first-order valence-electron chi connectivity index (χ1n) is 4.50. The lowest BCUT2D eigenvalue weighted by Crippen LogP contribution is -2.22. The van der Waals surface area contributed by atoms with E-state index in [1.807, 2.05) is 0 Å². The Bertz CT molecular complexity index is 553. The summed E-state index contributed by atoms with van der Waals surface area (Å²) in [5.74, 6) is -1.38. The van der Waals surface area contributed by atoms with Crippen LogP contribution in [0.1, 0.15) is 11.1 Å². The van der Waals surface area contributed by atoms with E-state index in [1.165, 1.54) is 6.07 Å². The van der Waals surface area contributed by atoms with Crippen LogP contribution in [0, 0.1) is 0 Å². The highest BCUT2D eigenvalue weighted by molar-refractivity contribution is 7.84. The second kappa shape index (κ2) is 4.94. The number of carbonyl (C=O) groups excluding carboxylic acids is 1. The second-order valence-corrected chi connectivity index (χ2v) is 4.43. The Morgan fingerprint density at radius 2 is 1.83 bits per heavy atom. The fourth-order valence-corrected chi connectivity index (χ4v) is 1.58. The Labute approximate surface area is 101 Å². The largest absolute Gasteiger partial charge is 0.416 e. The zero-order chi connectivity index (χ0) is 14.0. The molecule has 0 bridgehead atoms. The van der Waals surface area contributed by atoms with E-state index in [2.05, 4.69) is 9.32 Å². The van der Waals surface area contributed by atoms with E-state index in [0.29, 0.717) is 0 Å². The molecule has 0 heterocycles. The minimum absolute atomic E-state index is 0.390. The molecule has 5 nitrogen and oxygen atoms in total. The standard InChI is InChI=1S/C9H8F3NO4S/c10-9(11,12)7-4-2-1-3-6(7)5-8(14)17-18(13,15)16/h1-4H,5H2,(H2,13,15,16). The second-order valence-electron chi connectivity index (χ2n) is 3.28. The number of rotatable bonds is 3. The maximum atomic E-state index is 12.5. The van der Waals surface area contributed by atoms with Gasteiger partial charge in [0, 0.05) is 0 Å². The van der Waals surface area contributed by atoms with E-state index in [0.717, 1.165) is 18.2 Å². The van der Waals surface area contributed by atoms with Crippen molar-refractivity contribution in [2.45, 2.75) is 12.6 Å². The molecule has 0 saturated heterocycles. The van der Waals surface area contributed by atoms with Gasteiger partial charge in [-0.15, -0.1) is 0 Å². The molecule has 0 radical (unpaired) electrons. The third-order valence-electron chi connectivity index (χ3n) is 1.87. The summed E-state index contributed by atoms with van der Waals surface area (Å²) in [5, 5.41) is 4.42. The minimum atomic E-state index is -4.64. The fraction of sp³-hybridized carbons (Fsp3) is 0.222. The molecule has 0 saturated carbocycles. The summed E-state index contributed by atoms with van der Waals surface area (Å²) in [5.41, 5.74) is -1.42. The summed E-state index contributed by atoms with van der Waals surface area (Å²) < 4.78 is 62.2. The molecule has 1 aromatic rings. The van der Waals surface area contributed by atoms with E-state index in [1.54, 1.807) is 0 Å². The van der Waals surface area contributed by atoms with Gasteiger partial charge < -0.3 is 4.18 Å². The Morgan fingerprint density at radius 3 is 2.33 bits per heavy atom. The van der Waals surface area contributed by atoms with Crippen LogP contribution in [0.4, 0.5) is 13.2 Å². The van der Waals surface area contributed by atoms with E-state index in [9.17, 15) is 26.4 Å². The molecule has 2 N–H and O–H groups in total. The zero-order valence-corrected chi connectivity index (χ0v) is 9.59. The van der Waals surface area contributed by atoms with E-state index in [-0.39, 0.29) is 0 Å². The summed E-state index contributed by atoms with van der Waals surface area (Å²) >= 11 is 0. The Balaban J connectivity index is 2.96. The number of nitrogens with two attached hydrogens (primary N) is 1. The lowest BCUT2D eigenvalue weighted by Gasteiger charge is -2.11. The first kappa shape index (κ1) is 14.5. The molecular formula is C9H8F3NO4S. The van der Waals surface area contributed by atoms with Crippen LogP contribution in [0.2, 0.25) is 0 Å². The molecule has 0 amide bonds. The van der Waals surface area contributed by atoms with Gasteiger partial charge in [0.05, 0.1) is 12.0 Å². The van der Waals surface area contributed by atoms with Crippen molar-refractivity contribution >= 4 is 16.3 Å². The van der Waals surface area contributed by atoms with Gasteiger partial charge in [0.15, 0.2) is 0 Å². The summed E-state index contributed by atoms with van der Waals surface area (Å²) in [7, 11) is -4.52. The average molecular weight is 283 g/mol. The highest BCUT2D eigenvalue weighted by atomic mass is 32.2. The van der Waals surface area contributed by atoms with Crippen molar-refractivity contribution in [2.75, 3.05) is 0 Å². The highest BCUT2D eigenvalue weighted by Crippen LogP contribution is 2.32. The Kier molecular flexibility index (Phi) is 3.97. The van der Waals surface area contributed by atoms with Gasteiger partial charge in [-0.25, -0.2) is 0 Å². The van der Waals surface area contributed by atoms with Crippen LogP contribution in [0.3, 0.4) is 0 Å². The SMILES string of the molecule is NS(=O)(=O)OC(=O)Cc1ccccc1C(F)(F)F. The number of hydrogen-bond acceptors (Lipinski definition) is 4. The monoisotopic (exact) mass is 283 g/mol. The molecule has 18 heavy (non-hydrogen) atoms. The third kappa shape index (κ3) is 4.34. The van der Waals surface area contributed by atoms with Crippen molar-refractivity contribution in [3.8, 4) is 0 Å². The molecule has 0 aliphatic carbocycles. The lowest BCUT2D eigenvalue weighted by atomic mass is 10.0. The van der Waals surface area contributed by atoms with Crippen molar-refractivity contribution in [1.82, 2.24) is 0 Å². The molecule has 0 aromatic heterocycles. The first-order chi connectivity index (χ1) is 8.09. The molecule has 100 valence electrons. The summed E-state index contributed by atoms with van der Waals surface area (Å²) in [6, 6.07) is 4.26. The van der Waals surface area contributed by atoms with Gasteiger partial charge in [0.25, 0.3) is 0 Å². The van der Waals surface area contributed by atoms with Crippen LogP contribution in [0.15, 0.2) is 24.3 Å². The third-order valence-corrected chi connectivity index (χ3v) is 2.28. The van der Waals surface area contributed by atoms with Gasteiger partial charge in [-0.3, -0.25) is 4.79 Å². The first-order valence-corrected chi connectivity index (χ1v) is 5.97. The van der Waals surface area contributed by atoms with Crippen LogP contribution >= 0.6 is 0 Å². The number of alkyl halides is 3. The van der Waals surface area contributed by atoms with Gasteiger partial charge in [0.2, 0.25) is 0 Å². The smallest absolute Gasteiger partial charge is 0.334 e. The van der Waals surface area contributed by atoms with Crippen LogP contribution in [-0.2, 0) is 31.9 Å². The van der Waals surface area contributed by atoms with Crippen LogP contribution < -0.4 is 5.14 Å². The van der Waals surface area contributed by atoms with Crippen molar-refractivity contribution in [2.24, 2.45) is 5.14 Å². The van der Waals surface area contributed by atoms with E-state index >= 15 is 0 Å². The molecule has 0 unspecified atom stereocenters. The molecule has 0 aliphatic rings. The topological polar surface area (TPSA) is 86.5 Å². The van der Waals surface area contributed by atoms with Gasteiger partial charge in [-0.05, 0) is 11.6 Å². The molecule has 0 aliphatic heterocycles. The fourth-order valence-electron chi connectivity index (χ4n) is 1.27. The molecular weight excluding hydrogens is 275 g/mol.